The molecule has 0 aromatic carbocycles. The van der Waals surface area contributed by atoms with Crippen LogP contribution in [-0.4, -0.2) is 31.1 Å². The molecule has 0 atom stereocenters. The van der Waals surface area contributed by atoms with Crippen molar-refractivity contribution in [3.8, 4) is 5.75 Å². The van der Waals surface area contributed by atoms with Crippen LogP contribution in [0.3, 0.4) is 0 Å². The maximum atomic E-state index is 10.3. The van der Waals surface area contributed by atoms with Crippen LogP contribution in [0.4, 0.5) is 0 Å². The van der Waals surface area contributed by atoms with Crippen molar-refractivity contribution in [2.24, 2.45) is 0 Å². The Balaban J connectivity index is 2.32. The molecule has 0 aliphatic carbocycles. The molecule has 0 fully saturated rings. The van der Waals surface area contributed by atoms with Gasteiger partial charge in [0.05, 0.1) is 12.8 Å². The van der Waals surface area contributed by atoms with Gasteiger partial charge in [-0.2, -0.15) is 0 Å². The minimum atomic E-state index is 0.405. The lowest BCUT2D eigenvalue weighted by Gasteiger charge is -2.05. The number of aldehydes is 1. The van der Waals surface area contributed by atoms with Gasteiger partial charge in [0.25, 0.3) is 0 Å². The molecule has 0 saturated carbocycles. The molecule has 0 saturated heterocycles. The molecule has 14 heavy (non-hydrogen) atoms. The number of ether oxygens (including phenoxy) is 2. The average Bonchev–Trinajstić information content (AvgIpc) is 2.25. The summed E-state index contributed by atoms with van der Waals surface area (Å²) >= 11 is 0. The third-order valence-electron chi connectivity index (χ3n) is 1.58. The fourth-order valence-electron chi connectivity index (χ4n) is 0.910. The van der Waals surface area contributed by atoms with Gasteiger partial charge in [0.1, 0.15) is 18.1 Å². The van der Waals surface area contributed by atoms with Crippen LogP contribution in [0.15, 0.2) is 18.3 Å². The summed E-state index contributed by atoms with van der Waals surface area (Å²) in [6, 6.07) is 3.33. The minimum Gasteiger partial charge on any atom is -0.490 e. The average molecular weight is 195 g/mol. The predicted octanol–water partition coefficient (Wildman–Crippen LogP) is 1.31. The summed E-state index contributed by atoms with van der Waals surface area (Å²) in [7, 11) is 0. The molecule has 4 heteroatoms. The Hall–Kier alpha value is -1.42. The summed E-state index contributed by atoms with van der Waals surface area (Å²) in [4.78, 5) is 14.2. The molecule has 0 N–H and O–H groups in total. The number of hydrogen-bond donors (Lipinski definition) is 0. The Morgan fingerprint density at radius 2 is 2.29 bits per heavy atom. The fraction of sp³-hybridized carbons (Fsp3) is 0.400. The zero-order valence-corrected chi connectivity index (χ0v) is 8.10. The van der Waals surface area contributed by atoms with Crippen LogP contribution in [0.5, 0.6) is 5.75 Å². The van der Waals surface area contributed by atoms with Crippen LogP contribution >= 0.6 is 0 Å². The van der Waals surface area contributed by atoms with Gasteiger partial charge in [-0.05, 0) is 19.1 Å². The van der Waals surface area contributed by atoms with Crippen molar-refractivity contribution in [2.75, 3.05) is 19.8 Å². The largest absolute Gasteiger partial charge is 0.490 e. The van der Waals surface area contributed by atoms with E-state index in [1.165, 1.54) is 6.20 Å². The molecule has 76 valence electrons. The van der Waals surface area contributed by atoms with Crippen molar-refractivity contribution in [3.05, 3.63) is 24.0 Å². The first-order valence-electron chi connectivity index (χ1n) is 4.48. The Labute approximate surface area is 82.9 Å². The highest BCUT2D eigenvalue weighted by molar-refractivity contribution is 5.71. The molecule has 4 nitrogen and oxygen atoms in total. The Bertz CT molecular complexity index is 271. The van der Waals surface area contributed by atoms with Crippen LogP contribution in [0.2, 0.25) is 0 Å². The molecule has 0 bridgehead atoms. The van der Waals surface area contributed by atoms with E-state index in [-0.39, 0.29) is 0 Å². The van der Waals surface area contributed by atoms with Gasteiger partial charge in [-0.15, -0.1) is 0 Å². The second-order valence-corrected chi connectivity index (χ2v) is 2.58. The fourth-order valence-corrected chi connectivity index (χ4v) is 0.910. The number of carbonyl (C=O) groups excluding carboxylic acids is 1. The SMILES string of the molecule is CCOCCOc1ccc(C=O)nc1. The topological polar surface area (TPSA) is 48.4 Å². The van der Waals surface area contributed by atoms with Gasteiger partial charge in [-0.3, -0.25) is 4.79 Å². The molecule has 0 spiro atoms. The first-order valence-corrected chi connectivity index (χ1v) is 4.48. The predicted molar refractivity (Wildman–Crippen MR) is 51.6 cm³/mol. The number of carbonyl (C=O) groups is 1. The molecule has 0 unspecified atom stereocenters. The number of pyridine rings is 1. The van der Waals surface area contributed by atoms with Crippen molar-refractivity contribution in [2.45, 2.75) is 6.92 Å². The molecule has 0 amide bonds. The zero-order valence-electron chi connectivity index (χ0n) is 8.10. The second-order valence-electron chi connectivity index (χ2n) is 2.58. The second kappa shape index (κ2) is 6.10. The number of rotatable bonds is 6. The van der Waals surface area contributed by atoms with Crippen LogP contribution < -0.4 is 4.74 Å². The van der Waals surface area contributed by atoms with Gasteiger partial charge < -0.3 is 9.47 Å². The van der Waals surface area contributed by atoms with E-state index >= 15 is 0 Å². The van der Waals surface area contributed by atoms with Crippen molar-refractivity contribution in [3.63, 3.8) is 0 Å². The first kappa shape index (κ1) is 10.7. The van der Waals surface area contributed by atoms with Crippen molar-refractivity contribution in [1.82, 2.24) is 4.98 Å². The van der Waals surface area contributed by atoms with E-state index in [0.717, 1.165) is 0 Å². The van der Waals surface area contributed by atoms with Crippen LogP contribution in [0.1, 0.15) is 17.4 Å². The highest BCUT2D eigenvalue weighted by Crippen LogP contribution is 2.07. The lowest BCUT2D eigenvalue weighted by atomic mass is 10.4. The monoisotopic (exact) mass is 195 g/mol. The molecule has 1 rings (SSSR count). The van der Waals surface area contributed by atoms with Gasteiger partial charge >= 0.3 is 0 Å². The Kier molecular flexibility index (Phi) is 4.64. The van der Waals surface area contributed by atoms with E-state index in [9.17, 15) is 4.79 Å². The molecular formula is C10H13NO3. The van der Waals surface area contributed by atoms with E-state index in [1.54, 1.807) is 12.1 Å². The van der Waals surface area contributed by atoms with E-state index in [0.29, 0.717) is 37.6 Å². The molecule has 1 aromatic rings. The Morgan fingerprint density at radius 3 is 2.86 bits per heavy atom. The van der Waals surface area contributed by atoms with E-state index in [2.05, 4.69) is 4.98 Å². The van der Waals surface area contributed by atoms with E-state index < -0.39 is 0 Å². The highest BCUT2D eigenvalue weighted by Gasteiger charge is 1.95. The normalized spacial score (nSPS) is 9.79. The van der Waals surface area contributed by atoms with Crippen molar-refractivity contribution < 1.29 is 14.3 Å². The summed E-state index contributed by atoms with van der Waals surface area (Å²) < 4.78 is 10.4. The van der Waals surface area contributed by atoms with Crippen LogP contribution in [-0.2, 0) is 4.74 Å². The van der Waals surface area contributed by atoms with Crippen molar-refractivity contribution >= 4 is 6.29 Å². The van der Waals surface area contributed by atoms with Crippen molar-refractivity contribution in [1.29, 1.82) is 0 Å². The zero-order chi connectivity index (χ0) is 10.2. The number of aromatic nitrogens is 1. The summed E-state index contributed by atoms with van der Waals surface area (Å²) in [5.74, 6) is 0.648. The lowest BCUT2D eigenvalue weighted by Crippen LogP contribution is -2.06. The maximum Gasteiger partial charge on any atom is 0.168 e. The summed E-state index contributed by atoms with van der Waals surface area (Å²) in [6.07, 6.45) is 2.22. The summed E-state index contributed by atoms with van der Waals surface area (Å²) in [5.41, 5.74) is 0.405. The van der Waals surface area contributed by atoms with Gasteiger partial charge in [0.15, 0.2) is 6.29 Å². The number of nitrogens with zero attached hydrogens (tertiary/aromatic N) is 1. The van der Waals surface area contributed by atoms with Gasteiger partial charge in [-0.1, -0.05) is 0 Å². The molecule has 1 heterocycles. The minimum absolute atomic E-state index is 0.405. The van der Waals surface area contributed by atoms with Crippen LogP contribution in [0.25, 0.3) is 0 Å². The number of hydrogen-bond acceptors (Lipinski definition) is 4. The van der Waals surface area contributed by atoms with E-state index in [1.807, 2.05) is 6.92 Å². The van der Waals surface area contributed by atoms with Gasteiger partial charge in [0, 0.05) is 6.61 Å². The smallest absolute Gasteiger partial charge is 0.168 e. The molecule has 0 aliphatic rings. The molecule has 0 aliphatic heterocycles. The lowest BCUT2D eigenvalue weighted by molar-refractivity contribution is 0.109. The molecule has 0 radical (unpaired) electrons. The summed E-state index contributed by atoms with van der Waals surface area (Å²) in [5, 5.41) is 0. The highest BCUT2D eigenvalue weighted by atomic mass is 16.5. The quantitative estimate of drug-likeness (QED) is 0.507. The standard InChI is InChI=1S/C10H13NO3/c1-2-13-5-6-14-10-4-3-9(8-12)11-7-10/h3-4,7-8H,2,5-6H2,1H3. The molecular weight excluding hydrogens is 182 g/mol. The Morgan fingerprint density at radius 1 is 1.43 bits per heavy atom. The van der Waals surface area contributed by atoms with E-state index in [4.69, 9.17) is 9.47 Å². The molecule has 1 aromatic heterocycles. The maximum absolute atomic E-state index is 10.3. The summed E-state index contributed by atoms with van der Waals surface area (Å²) in [6.45, 7) is 3.67. The van der Waals surface area contributed by atoms with Crippen LogP contribution in [0, 0.1) is 0 Å². The third-order valence-corrected chi connectivity index (χ3v) is 1.58. The first-order chi connectivity index (χ1) is 6.86. The third kappa shape index (κ3) is 3.53. The van der Waals surface area contributed by atoms with Gasteiger partial charge in [0.2, 0.25) is 0 Å². The van der Waals surface area contributed by atoms with Gasteiger partial charge in [-0.25, -0.2) is 4.98 Å².